The van der Waals surface area contributed by atoms with Gasteiger partial charge in [0, 0.05) is 0 Å². The molecular weight excluding hydrogens is 306 g/mol. The summed E-state index contributed by atoms with van der Waals surface area (Å²) in [6, 6.07) is 9.54. The molecule has 6 heteroatoms. The zero-order valence-corrected chi connectivity index (χ0v) is 12.5. The Morgan fingerprint density at radius 3 is 2.64 bits per heavy atom. The minimum absolute atomic E-state index is 0.0772. The summed E-state index contributed by atoms with van der Waals surface area (Å²) in [5.41, 5.74) is 1.63. The maximum atomic E-state index is 14.1. The zero-order valence-electron chi connectivity index (χ0n) is 11.7. The lowest BCUT2D eigenvalue weighted by Gasteiger charge is -2.15. The number of para-hydroxylation sites is 1. The number of imidazole rings is 1. The fourth-order valence-corrected chi connectivity index (χ4v) is 4.14. The highest BCUT2D eigenvalue weighted by molar-refractivity contribution is 7.99. The Morgan fingerprint density at radius 2 is 1.91 bits per heavy atom. The smallest absolute Gasteiger partial charge is 0.146 e. The van der Waals surface area contributed by atoms with E-state index in [1.807, 2.05) is 22.8 Å². The third-order valence-corrected chi connectivity index (χ3v) is 5.01. The summed E-state index contributed by atoms with van der Waals surface area (Å²) in [6.07, 6.45) is 0. The minimum atomic E-state index is -0.532. The van der Waals surface area contributed by atoms with Crippen molar-refractivity contribution in [3.8, 4) is 5.75 Å². The van der Waals surface area contributed by atoms with Crippen LogP contribution in [-0.4, -0.2) is 16.7 Å². The first-order chi connectivity index (χ1) is 10.7. The first-order valence-corrected chi connectivity index (χ1v) is 7.85. The van der Waals surface area contributed by atoms with E-state index in [0.29, 0.717) is 11.5 Å². The Bertz CT molecular complexity index is 858. The SMILES string of the molecule is COc1cccc2c1nc1n2C(c2c(F)cccc2F)SC1. The number of ether oxygens (including phenoxy) is 1. The summed E-state index contributed by atoms with van der Waals surface area (Å²) in [5, 5.41) is -0.451. The van der Waals surface area contributed by atoms with Gasteiger partial charge in [-0.25, -0.2) is 13.8 Å². The number of aromatic nitrogens is 2. The lowest BCUT2D eigenvalue weighted by atomic mass is 10.2. The van der Waals surface area contributed by atoms with Crippen LogP contribution in [-0.2, 0) is 5.75 Å². The summed E-state index contributed by atoms with van der Waals surface area (Å²) in [7, 11) is 1.59. The highest BCUT2D eigenvalue weighted by Gasteiger charge is 2.32. The number of hydrogen-bond donors (Lipinski definition) is 0. The van der Waals surface area contributed by atoms with E-state index < -0.39 is 17.0 Å². The van der Waals surface area contributed by atoms with Crippen LogP contribution < -0.4 is 4.74 Å². The van der Waals surface area contributed by atoms with E-state index in [0.717, 1.165) is 16.9 Å². The van der Waals surface area contributed by atoms with Crippen LogP contribution in [0.3, 0.4) is 0 Å². The lowest BCUT2D eigenvalue weighted by molar-refractivity contribution is 0.419. The summed E-state index contributed by atoms with van der Waals surface area (Å²) in [6.45, 7) is 0. The predicted molar refractivity (Wildman–Crippen MR) is 82.1 cm³/mol. The quantitative estimate of drug-likeness (QED) is 0.711. The van der Waals surface area contributed by atoms with Gasteiger partial charge in [-0.05, 0) is 24.3 Å². The Morgan fingerprint density at radius 1 is 1.18 bits per heavy atom. The van der Waals surface area contributed by atoms with Gasteiger partial charge in [-0.2, -0.15) is 0 Å². The molecule has 112 valence electrons. The summed E-state index contributed by atoms with van der Waals surface area (Å²) in [5.74, 6) is 1.01. The van der Waals surface area contributed by atoms with E-state index in [4.69, 9.17) is 4.74 Å². The van der Waals surface area contributed by atoms with Crippen molar-refractivity contribution >= 4 is 22.8 Å². The third kappa shape index (κ3) is 1.83. The normalized spacial score (nSPS) is 17.0. The number of thioether (sulfide) groups is 1. The maximum absolute atomic E-state index is 14.1. The van der Waals surface area contributed by atoms with Gasteiger partial charge in [-0.1, -0.05) is 12.1 Å². The van der Waals surface area contributed by atoms with E-state index in [-0.39, 0.29) is 5.56 Å². The Kier molecular flexibility index (Phi) is 3.07. The minimum Gasteiger partial charge on any atom is -0.494 e. The van der Waals surface area contributed by atoms with Gasteiger partial charge in [0.2, 0.25) is 0 Å². The van der Waals surface area contributed by atoms with Gasteiger partial charge in [-0.3, -0.25) is 0 Å². The molecule has 0 N–H and O–H groups in total. The third-order valence-electron chi connectivity index (χ3n) is 3.83. The number of rotatable bonds is 2. The van der Waals surface area contributed by atoms with Gasteiger partial charge >= 0.3 is 0 Å². The fourth-order valence-electron chi connectivity index (χ4n) is 2.85. The van der Waals surface area contributed by atoms with Crippen molar-refractivity contribution in [1.82, 2.24) is 9.55 Å². The van der Waals surface area contributed by atoms with Crippen molar-refractivity contribution in [2.75, 3.05) is 7.11 Å². The average Bonchev–Trinajstić information content (AvgIpc) is 3.06. The van der Waals surface area contributed by atoms with Gasteiger partial charge in [0.15, 0.2) is 0 Å². The Balaban J connectivity index is 1.96. The summed E-state index contributed by atoms with van der Waals surface area (Å²) < 4.78 is 35.5. The zero-order chi connectivity index (χ0) is 15.3. The second-order valence-electron chi connectivity index (χ2n) is 5.02. The molecule has 0 saturated carbocycles. The molecule has 1 unspecified atom stereocenters. The van der Waals surface area contributed by atoms with Crippen LogP contribution in [0.25, 0.3) is 11.0 Å². The standard InChI is InChI=1S/C16H12F2N2OS/c1-21-12-7-3-6-11-15(12)19-13-8-22-16(20(11)13)14-9(17)4-2-5-10(14)18/h2-7,16H,8H2,1H3. The second kappa shape index (κ2) is 4.98. The second-order valence-corrected chi connectivity index (χ2v) is 6.09. The van der Waals surface area contributed by atoms with Crippen molar-refractivity contribution in [2.45, 2.75) is 11.1 Å². The molecule has 1 aromatic heterocycles. The number of nitrogens with zero attached hydrogens (tertiary/aromatic N) is 2. The molecule has 1 aliphatic heterocycles. The highest BCUT2D eigenvalue weighted by Crippen LogP contribution is 2.45. The van der Waals surface area contributed by atoms with Gasteiger partial charge in [0.05, 0.1) is 23.9 Å². The van der Waals surface area contributed by atoms with Crippen molar-refractivity contribution in [2.24, 2.45) is 0 Å². The van der Waals surface area contributed by atoms with Crippen molar-refractivity contribution < 1.29 is 13.5 Å². The number of benzene rings is 2. The monoisotopic (exact) mass is 318 g/mol. The molecule has 1 atom stereocenters. The van der Waals surface area contributed by atoms with Crippen LogP contribution in [0.1, 0.15) is 16.8 Å². The maximum Gasteiger partial charge on any atom is 0.146 e. The number of halogens is 2. The topological polar surface area (TPSA) is 27.1 Å². The molecule has 0 aliphatic carbocycles. The van der Waals surface area contributed by atoms with Crippen LogP contribution in [0.2, 0.25) is 0 Å². The molecule has 0 bridgehead atoms. The van der Waals surface area contributed by atoms with Crippen LogP contribution in [0.15, 0.2) is 36.4 Å². The van der Waals surface area contributed by atoms with E-state index >= 15 is 0 Å². The first kappa shape index (κ1) is 13.6. The van der Waals surface area contributed by atoms with Crippen molar-refractivity contribution in [1.29, 1.82) is 0 Å². The molecular formula is C16H12F2N2OS. The number of fused-ring (bicyclic) bond motifs is 3. The molecule has 0 spiro atoms. The van der Waals surface area contributed by atoms with Crippen LogP contribution >= 0.6 is 11.8 Å². The molecule has 22 heavy (non-hydrogen) atoms. The first-order valence-electron chi connectivity index (χ1n) is 6.80. The molecule has 1 aliphatic rings. The molecule has 0 amide bonds. The molecule has 0 saturated heterocycles. The molecule has 2 aromatic carbocycles. The molecule has 4 rings (SSSR count). The van der Waals surface area contributed by atoms with Gasteiger partial charge in [-0.15, -0.1) is 11.8 Å². The van der Waals surface area contributed by atoms with Gasteiger partial charge in [0.1, 0.15) is 34.1 Å². The van der Waals surface area contributed by atoms with Crippen molar-refractivity contribution in [3.63, 3.8) is 0 Å². The predicted octanol–water partition coefficient (Wildman–Crippen LogP) is 4.12. The number of methoxy groups -OCH3 is 1. The Labute approximate surface area is 129 Å². The largest absolute Gasteiger partial charge is 0.494 e. The molecule has 2 heterocycles. The van der Waals surface area contributed by atoms with E-state index in [2.05, 4.69) is 4.98 Å². The molecule has 0 fully saturated rings. The van der Waals surface area contributed by atoms with Gasteiger partial charge in [0.25, 0.3) is 0 Å². The highest BCUT2D eigenvalue weighted by atomic mass is 32.2. The summed E-state index contributed by atoms with van der Waals surface area (Å²) in [4.78, 5) is 4.57. The molecule has 0 radical (unpaired) electrons. The molecule has 3 aromatic rings. The van der Waals surface area contributed by atoms with E-state index in [9.17, 15) is 8.78 Å². The average molecular weight is 318 g/mol. The van der Waals surface area contributed by atoms with Crippen molar-refractivity contribution in [3.05, 3.63) is 59.4 Å². The Hall–Kier alpha value is -2.08. The molecule has 3 nitrogen and oxygen atoms in total. The van der Waals surface area contributed by atoms with Crippen LogP contribution in [0.5, 0.6) is 5.75 Å². The van der Waals surface area contributed by atoms with Gasteiger partial charge < -0.3 is 9.30 Å². The van der Waals surface area contributed by atoms with Crippen LogP contribution in [0, 0.1) is 11.6 Å². The van der Waals surface area contributed by atoms with E-state index in [1.165, 1.54) is 30.0 Å². The summed E-state index contributed by atoms with van der Waals surface area (Å²) >= 11 is 1.47. The van der Waals surface area contributed by atoms with E-state index in [1.54, 1.807) is 7.11 Å². The number of hydrogen-bond acceptors (Lipinski definition) is 3. The lowest BCUT2D eigenvalue weighted by Crippen LogP contribution is -2.08. The fraction of sp³-hybridized carbons (Fsp3) is 0.188. The van der Waals surface area contributed by atoms with Crippen LogP contribution in [0.4, 0.5) is 8.78 Å².